The summed E-state index contributed by atoms with van der Waals surface area (Å²) in [5.41, 5.74) is 1.03. The van der Waals surface area contributed by atoms with Gasteiger partial charge in [0.2, 0.25) is 0 Å². The number of carbonyl (C=O) groups is 1. The summed E-state index contributed by atoms with van der Waals surface area (Å²) in [5.74, 6) is 1.88. The average molecular weight is 308 g/mol. The number of imidazole rings is 1. The summed E-state index contributed by atoms with van der Waals surface area (Å²) in [6.07, 6.45) is 4.90. The number of hydrogen-bond acceptors (Lipinski definition) is 4. The number of nitrogens with zero attached hydrogens (tertiary/aromatic N) is 4. The Hall–Kier alpha value is -3.22. The first-order valence-corrected chi connectivity index (χ1v) is 7.13. The molecule has 3 rings (SSSR count). The van der Waals surface area contributed by atoms with Crippen LogP contribution >= 0.6 is 0 Å². The third kappa shape index (κ3) is 3.70. The van der Waals surface area contributed by atoms with E-state index in [1.54, 1.807) is 18.5 Å². The fraction of sp³-hybridized carbons (Fsp3) is 0.125. The number of anilines is 1. The second-order valence-corrected chi connectivity index (χ2v) is 4.90. The van der Waals surface area contributed by atoms with E-state index in [0.717, 1.165) is 11.4 Å². The fourth-order valence-electron chi connectivity index (χ4n) is 2.11. The van der Waals surface area contributed by atoms with Crippen LogP contribution in [0.25, 0.3) is 5.82 Å². The average Bonchev–Trinajstić information content (AvgIpc) is 3.00. The second-order valence-electron chi connectivity index (χ2n) is 4.90. The molecule has 0 saturated heterocycles. The molecule has 2 N–H and O–H groups in total. The first-order chi connectivity index (χ1) is 11.2. The Morgan fingerprint density at radius 2 is 2.00 bits per heavy atom. The molecule has 0 bridgehead atoms. The van der Waals surface area contributed by atoms with Crippen molar-refractivity contribution in [1.29, 1.82) is 0 Å². The molecule has 0 saturated carbocycles. The summed E-state index contributed by atoms with van der Waals surface area (Å²) in [6, 6.07) is 11.1. The number of benzene rings is 1. The Balaban J connectivity index is 1.64. The number of urea groups is 1. The number of rotatable bonds is 4. The predicted molar refractivity (Wildman–Crippen MR) is 86.2 cm³/mol. The summed E-state index contributed by atoms with van der Waals surface area (Å²) in [7, 11) is 0. The van der Waals surface area contributed by atoms with E-state index in [2.05, 4.69) is 25.6 Å². The summed E-state index contributed by atoms with van der Waals surface area (Å²) in [5, 5.41) is 5.48. The van der Waals surface area contributed by atoms with Crippen molar-refractivity contribution in [2.75, 3.05) is 5.32 Å². The molecule has 0 fully saturated rings. The maximum Gasteiger partial charge on any atom is 0.320 e. The van der Waals surface area contributed by atoms with Crippen molar-refractivity contribution in [3.8, 4) is 5.82 Å². The van der Waals surface area contributed by atoms with Crippen LogP contribution in [0, 0.1) is 6.92 Å². The van der Waals surface area contributed by atoms with Crippen LogP contribution in [0.15, 0.2) is 55.1 Å². The van der Waals surface area contributed by atoms with Gasteiger partial charge in [0.1, 0.15) is 23.8 Å². The maximum absolute atomic E-state index is 11.9. The van der Waals surface area contributed by atoms with Gasteiger partial charge < -0.3 is 5.32 Å². The van der Waals surface area contributed by atoms with Gasteiger partial charge in [-0.05, 0) is 12.5 Å². The van der Waals surface area contributed by atoms with E-state index in [1.807, 2.05) is 41.8 Å². The Kier molecular flexibility index (Phi) is 4.28. The summed E-state index contributed by atoms with van der Waals surface area (Å²) >= 11 is 0. The highest BCUT2D eigenvalue weighted by molar-refractivity contribution is 5.88. The molecule has 2 heterocycles. The molecule has 0 unspecified atom stereocenters. The van der Waals surface area contributed by atoms with Gasteiger partial charge in [0.05, 0.1) is 0 Å². The molecule has 0 aliphatic heterocycles. The van der Waals surface area contributed by atoms with E-state index in [-0.39, 0.29) is 6.03 Å². The van der Waals surface area contributed by atoms with Crippen molar-refractivity contribution in [3.05, 3.63) is 66.5 Å². The highest BCUT2D eigenvalue weighted by Crippen LogP contribution is 2.10. The Bertz CT molecular complexity index is 799. The lowest BCUT2D eigenvalue weighted by Crippen LogP contribution is -2.28. The minimum atomic E-state index is -0.319. The van der Waals surface area contributed by atoms with Crippen molar-refractivity contribution in [2.45, 2.75) is 13.5 Å². The predicted octanol–water partition coefficient (Wildman–Crippen LogP) is 2.29. The van der Waals surface area contributed by atoms with E-state index in [1.165, 1.54) is 6.33 Å². The van der Waals surface area contributed by atoms with Crippen LogP contribution < -0.4 is 10.6 Å². The summed E-state index contributed by atoms with van der Waals surface area (Å²) in [4.78, 5) is 24.3. The van der Waals surface area contributed by atoms with Crippen LogP contribution in [-0.2, 0) is 6.54 Å². The van der Waals surface area contributed by atoms with Gasteiger partial charge in [0.15, 0.2) is 0 Å². The standard InChI is InChI=1S/C16H16N6O/c1-12-17-7-8-22(12)15-9-14(19-11-20-15)21-16(23)18-10-13-5-3-2-4-6-13/h2-9,11H,10H2,1H3,(H2,18,19,20,21,23). The van der Waals surface area contributed by atoms with Crippen molar-refractivity contribution in [1.82, 2.24) is 24.8 Å². The fourth-order valence-corrected chi connectivity index (χ4v) is 2.11. The number of hydrogen-bond donors (Lipinski definition) is 2. The molecule has 0 spiro atoms. The number of aromatic nitrogens is 4. The lowest BCUT2D eigenvalue weighted by Gasteiger charge is -2.09. The van der Waals surface area contributed by atoms with E-state index in [9.17, 15) is 4.79 Å². The monoisotopic (exact) mass is 308 g/mol. The van der Waals surface area contributed by atoms with Crippen LogP contribution in [0.3, 0.4) is 0 Å². The Morgan fingerprint density at radius 3 is 2.74 bits per heavy atom. The molecular weight excluding hydrogens is 292 g/mol. The van der Waals surface area contributed by atoms with Gasteiger partial charge in [-0.3, -0.25) is 9.88 Å². The molecule has 116 valence electrons. The van der Waals surface area contributed by atoms with Crippen molar-refractivity contribution in [2.24, 2.45) is 0 Å². The minimum absolute atomic E-state index is 0.319. The van der Waals surface area contributed by atoms with Gasteiger partial charge in [-0.1, -0.05) is 30.3 Å². The Morgan fingerprint density at radius 1 is 1.17 bits per heavy atom. The first kappa shape index (κ1) is 14.7. The zero-order valence-electron chi connectivity index (χ0n) is 12.6. The van der Waals surface area contributed by atoms with Gasteiger partial charge in [0.25, 0.3) is 0 Å². The minimum Gasteiger partial charge on any atom is -0.334 e. The molecule has 3 aromatic rings. The smallest absolute Gasteiger partial charge is 0.320 e. The van der Waals surface area contributed by atoms with Crippen molar-refractivity contribution >= 4 is 11.8 Å². The topological polar surface area (TPSA) is 84.7 Å². The molecule has 23 heavy (non-hydrogen) atoms. The zero-order chi connectivity index (χ0) is 16.1. The molecule has 2 amide bonds. The molecule has 0 atom stereocenters. The Labute approximate surface area is 133 Å². The molecule has 0 aliphatic rings. The SMILES string of the molecule is Cc1nccn1-c1cc(NC(=O)NCc2ccccc2)ncn1. The van der Waals surface area contributed by atoms with Crippen LogP contribution in [0.1, 0.15) is 11.4 Å². The van der Waals surface area contributed by atoms with Gasteiger partial charge in [-0.15, -0.1) is 0 Å². The van der Waals surface area contributed by atoms with Gasteiger partial charge in [0, 0.05) is 25.0 Å². The normalized spacial score (nSPS) is 10.3. The molecule has 7 heteroatoms. The zero-order valence-corrected chi connectivity index (χ0v) is 12.6. The molecule has 0 radical (unpaired) electrons. The van der Waals surface area contributed by atoms with E-state index in [0.29, 0.717) is 18.2 Å². The third-order valence-electron chi connectivity index (χ3n) is 3.26. The van der Waals surface area contributed by atoms with Crippen LogP contribution in [0.5, 0.6) is 0 Å². The lowest BCUT2D eigenvalue weighted by molar-refractivity contribution is 0.251. The lowest BCUT2D eigenvalue weighted by atomic mass is 10.2. The molecule has 7 nitrogen and oxygen atoms in total. The quantitative estimate of drug-likeness (QED) is 0.774. The van der Waals surface area contributed by atoms with E-state index < -0.39 is 0 Å². The second kappa shape index (κ2) is 6.69. The van der Waals surface area contributed by atoms with Crippen molar-refractivity contribution < 1.29 is 4.79 Å². The summed E-state index contributed by atoms with van der Waals surface area (Å²) in [6.45, 7) is 2.33. The maximum atomic E-state index is 11.9. The molecule has 2 aromatic heterocycles. The van der Waals surface area contributed by atoms with Crippen LogP contribution in [0.2, 0.25) is 0 Å². The van der Waals surface area contributed by atoms with Gasteiger partial charge in [-0.25, -0.2) is 19.7 Å². The van der Waals surface area contributed by atoms with E-state index >= 15 is 0 Å². The highest BCUT2D eigenvalue weighted by atomic mass is 16.2. The van der Waals surface area contributed by atoms with Crippen molar-refractivity contribution in [3.63, 3.8) is 0 Å². The molecule has 1 aromatic carbocycles. The number of amides is 2. The third-order valence-corrected chi connectivity index (χ3v) is 3.26. The van der Waals surface area contributed by atoms with Gasteiger partial charge >= 0.3 is 6.03 Å². The first-order valence-electron chi connectivity index (χ1n) is 7.13. The van der Waals surface area contributed by atoms with Gasteiger partial charge in [-0.2, -0.15) is 0 Å². The van der Waals surface area contributed by atoms with Crippen LogP contribution in [-0.4, -0.2) is 25.6 Å². The largest absolute Gasteiger partial charge is 0.334 e. The molecular formula is C16H16N6O. The molecule has 0 aliphatic carbocycles. The number of carbonyl (C=O) groups excluding carboxylic acids is 1. The summed E-state index contributed by atoms with van der Waals surface area (Å²) < 4.78 is 1.81. The highest BCUT2D eigenvalue weighted by Gasteiger charge is 2.06. The number of nitrogens with one attached hydrogen (secondary N) is 2. The van der Waals surface area contributed by atoms with E-state index in [4.69, 9.17) is 0 Å². The number of aryl methyl sites for hydroxylation is 1. The van der Waals surface area contributed by atoms with Crippen LogP contribution in [0.4, 0.5) is 10.6 Å².